The summed E-state index contributed by atoms with van der Waals surface area (Å²) in [5, 5.41) is 5.03. The first kappa shape index (κ1) is 19.9. The first-order chi connectivity index (χ1) is 14.0. The Labute approximate surface area is 183 Å². The lowest BCUT2D eigenvalue weighted by atomic mass is 10.0. The second-order valence-corrected chi connectivity index (χ2v) is 8.58. The first-order valence-corrected chi connectivity index (χ1v) is 10.6. The van der Waals surface area contributed by atoms with E-state index in [0.29, 0.717) is 11.5 Å². The molecule has 146 valence electrons. The van der Waals surface area contributed by atoms with E-state index in [1.54, 1.807) is 12.1 Å². The summed E-state index contributed by atoms with van der Waals surface area (Å²) < 4.78 is 0.988. The molecule has 5 heteroatoms. The number of carbonyl (C=O) groups is 1. The lowest BCUT2D eigenvalue weighted by Gasteiger charge is -2.07. The van der Waals surface area contributed by atoms with Crippen LogP contribution in [0.3, 0.4) is 0 Å². The van der Waals surface area contributed by atoms with E-state index in [-0.39, 0.29) is 5.92 Å². The van der Waals surface area contributed by atoms with Crippen LogP contribution in [0.5, 0.6) is 0 Å². The van der Waals surface area contributed by atoms with Crippen molar-refractivity contribution in [2.24, 2.45) is 11.1 Å². The normalized spacial score (nSPS) is 18.4. The molecule has 3 nitrogen and oxygen atoms in total. The van der Waals surface area contributed by atoms with Crippen molar-refractivity contribution in [3.05, 3.63) is 105 Å². The molecule has 1 fully saturated rings. The average Bonchev–Trinajstić information content (AvgIpc) is 3.51. The van der Waals surface area contributed by atoms with Crippen molar-refractivity contribution in [3.63, 3.8) is 0 Å². The smallest absolute Gasteiger partial charge is 0.313 e. The Hall–Kier alpha value is -2.43. The number of carbonyl (C=O) groups excluding carboxylic acids is 1. The lowest BCUT2D eigenvalue weighted by Crippen LogP contribution is -2.09. The zero-order valence-electron chi connectivity index (χ0n) is 15.8. The monoisotopic (exact) mass is 467 g/mol. The number of hydrogen-bond donors (Lipinski definition) is 0. The molecule has 3 aromatic rings. The van der Waals surface area contributed by atoms with E-state index >= 15 is 0 Å². The molecular weight excluding hydrogens is 450 g/mol. The Balaban J connectivity index is 1.58. The molecule has 4 rings (SSSR count). The van der Waals surface area contributed by atoms with Crippen LogP contribution in [0.2, 0.25) is 5.02 Å². The van der Waals surface area contributed by atoms with Gasteiger partial charge in [0.1, 0.15) is 0 Å². The highest BCUT2D eigenvalue weighted by molar-refractivity contribution is 9.10. The third-order valence-corrected chi connectivity index (χ3v) is 5.87. The molecule has 0 aliphatic heterocycles. The third-order valence-electron chi connectivity index (χ3n) is 5.09. The second-order valence-electron chi connectivity index (χ2n) is 7.23. The molecule has 0 heterocycles. The van der Waals surface area contributed by atoms with E-state index in [4.69, 9.17) is 16.4 Å². The molecular formula is C24H19BrClNO2. The standard InChI is InChI=1S/C24H19BrClNO2/c1-15-2-4-18(5-3-15)24(28)29-27-23(17-6-10-19(25)11-7-17)22-14-21(22)16-8-12-20(26)13-9-16/h2-13,21-22H,14H2,1H3/b27-23-/t21-,22-/m0/s1. The number of hydrogen-bond acceptors (Lipinski definition) is 3. The summed E-state index contributed by atoms with van der Waals surface area (Å²) in [7, 11) is 0. The van der Waals surface area contributed by atoms with E-state index in [1.165, 1.54) is 5.56 Å². The van der Waals surface area contributed by atoms with Crippen LogP contribution in [0.1, 0.15) is 39.4 Å². The molecule has 1 aliphatic carbocycles. The molecule has 0 bridgehead atoms. The quantitative estimate of drug-likeness (QED) is 0.235. The maximum atomic E-state index is 12.4. The van der Waals surface area contributed by atoms with Gasteiger partial charge in [-0.25, -0.2) is 4.79 Å². The summed E-state index contributed by atoms with van der Waals surface area (Å²) in [5.41, 5.74) is 4.53. The summed E-state index contributed by atoms with van der Waals surface area (Å²) >= 11 is 9.48. The van der Waals surface area contributed by atoms with Gasteiger partial charge in [-0.15, -0.1) is 0 Å². The van der Waals surface area contributed by atoms with E-state index in [0.717, 1.165) is 32.8 Å². The number of halogens is 2. The molecule has 0 N–H and O–H groups in total. The molecule has 0 unspecified atom stereocenters. The topological polar surface area (TPSA) is 38.7 Å². The molecule has 0 spiro atoms. The van der Waals surface area contributed by atoms with E-state index in [2.05, 4.69) is 21.1 Å². The number of oxime groups is 1. The van der Waals surface area contributed by atoms with Crippen molar-refractivity contribution >= 4 is 39.2 Å². The predicted molar refractivity (Wildman–Crippen MR) is 120 cm³/mol. The van der Waals surface area contributed by atoms with Crippen molar-refractivity contribution in [1.29, 1.82) is 0 Å². The Morgan fingerprint density at radius 2 is 1.59 bits per heavy atom. The molecule has 3 aromatic carbocycles. The van der Waals surface area contributed by atoms with Crippen LogP contribution in [0.4, 0.5) is 0 Å². The minimum Gasteiger partial charge on any atom is -0.313 e. The zero-order chi connectivity index (χ0) is 20.4. The van der Waals surface area contributed by atoms with Crippen LogP contribution >= 0.6 is 27.5 Å². The maximum Gasteiger partial charge on any atom is 0.365 e. The Kier molecular flexibility index (Phi) is 5.84. The molecule has 0 amide bonds. The Morgan fingerprint density at radius 1 is 0.966 bits per heavy atom. The second kappa shape index (κ2) is 8.52. The molecule has 0 saturated heterocycles. The zero-order valence-corrected chi connectivity index (χ0v) is 18.2. The minimum absolute atomic E-state index is 0.197. The van der Waals surface area contributed by atoms with Gasteiger partial charge in [0, 0.05) is 15.4 Å². The number of benzene rings is 3. The Bertz CT molecular complexity index is 1040. The van der Waals surface area contributed by atoms with Crippen molar-refractivity contribution in [1.82, 2.24) is 0 Å². The summed E-state index contributed by atoms with van der Waals surface area (Å²) in [6.45, 7) is 1.98. The van der Waals surface area contributed by atoms with Crippen LogP contribution in [0.25, 0.3) is 0 Å². The van der Waals surface area contributed by atoms with Crippen molar-refractivity contribution in [2.75, 3.05) is 0 Å². The fourth-order valence-corrected chi connectivity index (χ4v) is 3.75. The van der Waals surface area contributed by atoms with Crippen LogP contribution in [0, 0.1) is 12.8 Å². The SMILES string of the molecule is Cc1ccc(C(=O)O/N=C(/c2ccc(Br)cc2)[C@H]2C[C@H]2c2ccc(Cl)cc2)cc1. The van der Waals surface area contributed by atoms with E-state index in [1.807, 2.05) is 67.6 Å². The van der Waals surface area contributed by atoms with Crippen LogP contribution in [-0.2, 0) is 4.84 Å². The summed E-state index contributed by atoms with van der Waals surface area (Å²) in [6, 6.07) is 23.1. The van der Waals surface area contributed by atoms with Gasteiger partial charge in [0.25, 0.3) is 0 Å². The van der Waals surface area contributed by atoms with Gasteiger partial charge in [-0.2, -0.15) is 0 Å². The lowest BCUT2D eigenvalue weighted by molar-refractivity contribution is 0.0515. The van der Waals surface area contributed by atoms with Gasteiger partial charge >= 0.3 is 5.97 Å². The fourth-order valence-electron chi connectivity index (χ4n) is 3.36. The minimum atomic E-state index is -0.455. The summed E-state index contributed by atoms with van der Waals surface area (Å²) in [4.78, 5) is 17.8. The Morgan fingerprint density at radius 3 is 2.24 bits per heavy atom. The van der Waals surface area contributed by atoms with E-state index < -0.39 is 5.97 Å². The number of rotatable bonds is 5. The average molecular weight is 469 g/mol. The molecule has 0 aromatic heterocycles. The van der Waals surface area contributed by atoms with Gasteiger partial charge in [0.05, 0.1) is 11.3 Å². The molecule has 0 radical (unpaired) electrons. The van der Waals surface area contributed by atoms with Crippen LogP contribution in [0.15, 0.2) is 82.4 Å². The maximum absolute atomic E-state index is 12.4. The first-order valence-electron chi connectivity index (χ1n) is 9.38. The van der Waals surface area contributed by atoms with Gasteiger partial charge in [-0.3, -0.25) is 0 Å². The molecule has 29 heavy (non-hydrogen) atoms. The predicted octanol–water partition coefficient (Wildman–Crippen LogP) is 6.78. The van der Waals surface area contributed by atoms with Crippen LogP contribution in [-0.4, -0.2) is 11.7 Å². The van der Waals surface area contributed by atoms with Gasteiger partial charge in [-0.05, 0) is 66.8 Å². The van der Waals surface area contributed by atoms with Crippen molar-refractivity contribution in [3.8, 4) is 0 Å². The highest BCUT2D eigenvalue weighted by Crippen LogP contribution is 2.49. The van der Waals surface area contributed by atoms with Gasteiger partial charge in [0.2, 0.25) is 0 Å². The highest BCUT2D eigenvalue weighted by Gasteiger charge is 2.43. The highest BCUT2D eigenvalue weighted by atomic mass is 79.9. The van der Waals surface area contributed by atoms with Gasteiger partial charge in [-0.1, -0.05) is 74.6 Å². The van der Waals surface area contributed by atoms with Crippen molar-refractivity contribution in [2.45, 2.75) is 19.3 Å². The van der Waals surface area contributed by atoms with Gasteiger partial charge in [0.15, 0.2) is 0 Å². The number of aryl methyl sites for hydroxylation is 1. The van der Waals surface area contributed by atoms with E-state index in [9.17, 15) is 4.79 Å². The molecule has 2 atom stereocenters. The third kappa shape index (κ3) is 4.77. The molecule has 1 aliphatic rings. The van der Waals surface area contributed by atoms with Gasteiger partial charge < -0.3 is 4.84 Å². The fraction of sp³-hybridized carbons (Fsp3) is 0.167. The largest absolute Gasteiger partial charge is 0.365 e. The summed E-state index contributed by atoms with van der Waals surface area (Å²) in [6.07, 6.45) is 0.957. The van der Waals surface area contributed by atoms with Crippen molar-refractivity contribution < 1.29 is 9.63 Å². The van der Waals surface area contributed by atoms with Crippen LogP contribution < -0.4 is 0 Å². The molecule has 1 saturated carbocycles. The summed E-state index contributed by atoms with van der Waals surface area (Å²) in [5.74, 6) is 0.0826. The number of nitrogens with zero attached hydrogens (tertiary/aromatic N) is 1.